The van der Waals surface area contributed by atoms with Crippen LogP contribution in [0.5, 0.6) is 0 Å². The highest BCUT2D eigenvalue weighted by Crippen LogP contribution is 2.39. The van der Waals surface area contributed by atoms with Gasteiger partial charge >= 0.3 is 0 Å². The van der Waals surface area contributed by atoms with Gasteiger partial charge in [-0.05, 0) is 136 Å². The zero-order valence-electron chi connectivity index (χ0n) is 35.1. The largest absolute Gasteiger partial charge is 0.315 e. The summed E-state index contributed by atoms with van der Waals surface area (Å²) in [5.41, 5.74) is 18.6. The van der Waals surface area contributed by atoms with Crippen molar-refractivity contribution in [3.63, 3.8) is 0 Å². The summed E-state index contributed by atoms with van der Waals surface area (Å²) in [5.74, 6) is 0. The van der Waals surface area contributed by atoms with Crippen LogP contribution in [0.3, 0.4) is 0 Å². The highest BCUT2D eigenvalue weighted by Gasteiger charge is 2.16. The molecule has 298 valence electrons. The van der Waals surface area contributed by atoms with E-state index in [2.05, 4.69) is 278 Å². The first-order valence-corrected chi connectivity index (χ1v) is 21.3. The fourth-order valence-electron chi connectivity index (χ4n) is 8.03. The van der Waals surface area contributed by atoms with E-state index in [0.717, 1.165) is 45.3 Å². The van der Waals surface area contributed by atoms with Crippen molar-refractivity contribution in [2.45, 2.75) is 13.8 Å². The zero-order chi connectivity index (χ0) is 42.1. The molecule has 9 rings (SSSR count). The number of benzene rings is 9. The summed E-state index contributed by atoms with van der Waals surface area (Å²) in [6.45, 7) is 4.35. The fraction of sp³-hybridized carbons (Fsp3) is 0.0333. The summed E-state index contributed by atoms with van der Waals surface area (Å²) < 4.78 is 0. The van der Waals surface area contributed by atoms with E-state index < -0.39 is 0 Å². The van der Waals surface area contributed by atoms with Gasteiger partial charge in [0.2, 0.25) is 0 Å². The highest BCUT2D eigenvalue weighted by atomic mass is 15.1. The summed E-state index contributed by atoms with van der Waals surface area (Å²) in [6, 6.07) is 86.6. The SMILES string of the molecule is C/C(=C\C=C(/C)N(c1ccc(-c2ccccc2)cc1)c1ccc(-c2ccc(N(c3ccc(-c4ccccc4)cc3)c3ccc(-c4ccccc4)cc3)cc2)cc1)c1ccccc1. The van der Waals surface area contributed by atoms with Gasteiger partial charge in [0.25, 0.3) is 0 Å². The Morgan fingerprint density at radius 3 is 0.839 bits per heavy atom. The molecule has 9 aromatic rings. The van der Waals surface area contributed by atoms with Crippen LogP contribution in [0.15, 0.2) is 261 Å². The van der Waals surface area contributed by atoms with Crippen LogP contribution in [0.4, 0.5) is 28.4 Å². The van der Waals surface area contributed by atoms with Gasteiger partial charge in [-0.2, -0.15) is 0 Å². The van der Waals surface area contributed by atoms with Crippen LogP contribution in [-0.2, 0) is 0 Å². The van der Waals surface area contributed by atoms with Crippen LogP contribution < -0.4 is 9.80 Å². The van der Waals surface area contributed by atoms with Gasteiger partial charge in [-0.15, -0.1) is 0 Å². The lowest BCUT2D eigenvalue weighted by Crippen LogP contribution is -2.14. The second-order valence-corrected chi connectivity index (χ2v) is 15.5. The molecule has 0 spiro atoms. The van der Waals surface area contributed by atoms with Crippen molar-refractivity contribution in [1.82, 2.24) is 0 Å². The minimum absolute atomic E-state index is 1.09. The van der Waals surface area contributed by atoms with Crippen molar-refractivity contribution in [1.29, 1.82) is 0 Å². The molecule has 2 nitrogen and oxygen atoms in total. The molecule has 62 heavy (non-hydrogen) atoms. The van der Waals surface area contributed by atoms with E-state index in [-0.39, 0.29) is 0 Å². The van der Waals surface area contributed by atoms with Gasteiger partial charge in [0.1, 0.15) is 0 Å². The Labute approximate surface area is 366 Å². The van der Waals surface area contributed by atoms with Gasteiger partial charge in [-0.3, -0.25) is 0 Å². The molecule has 0 saturated carbocycles. The Bertz CT molecular complexity index is 2800. The van der Waals surface area contributed by atoms with Crippen LogP contribution in [0, 0.1) is 0 Å². The van der Waals surface area contributed by atoms with Crippen LogP contribution in [0.25, 0.3) is 50.1 Å². The number of nitrogens with zero attached hydrogens (tertiary/aromatic N) is 2. The van der Waals surface area contributed by atoms with E-state index in [1.165, 1.54) is 44.5 Å². The third-order valence-electron chi connectivity index (χ3n) is 11.4. The standard InChI is InChI=1S/C60H48N2/c1-45(47-15-7-3-8-16-47)23-24-46(2)61(56-35-25-51(26-36-56)48-17-9-4-10-18-48)57-37-27-54(28-38-57)55-33-43-60(44-34-55)62(58-39-29-52(30-40-58)49-19-11-5-12-20-49)59-41-31-53(32-42-59)50-21-13-6-14-22-50/h3-44H,1-2H3/b45-23+,46-24+. The van der Waals surface area contributed by atoms with Crippen LogP contribution in [0.1, 0.15) is 19.4 Å². The number of hydrogen-bond donors (Lipinski definition) is 0. The molecule has 0 aromatic heterocycles. The van der Waals surface area contributed by atoms with Crippen molar-refractivity contribution in [2.24, 2.45) is 0 Å². The van der Waals surface area contributed by atoms with Crippen LogP contribution in [-0.4, -0.2) is 0 Å². The molecule has 0 amide bonds. The molecule has 0 unspecified atom stereocenters. The van der Waals surface area contributed by atoms with Crippen LogP contribution in [0.2, 0.25) is 0 Å². The maximum absolute atomic E-state index is 2.33. The Hall–Kier alpha value is -7.94. The van der Waals surface area contributed by atoms with Gasteiger partial charge in [0.15, 0.2) is 0 Å². The molecule has 9 aromatic carbocycles. The number of anilines is 5. The van der Waals surface area contributed by atoms with E-state index in [4.69, 9.17) is 0 Å². The van der Waals surface area contributed by atoms with E-state index in [9.17, 15) is 0 Å². The number of allylic oxidation sites excluding steroid dienone is 4. The monoisotopic (exact) mass is 796 g/mol. The van der Waals surface area contributed by atoms with E-state index in [1.54, 1.807) is 0 Å². The first-order valence-electron chi connectivity index (χ1n) is 21.3. The Kier molecular flexibility index (Phi) is 11.8. The van der Waals surface area contributed by atoms with E-state index in [0.29, 0.717) is 0 Å². The lowest BCUT2D eigenvalue weighted by atomic mass is 10.0. The predicted molar refractivity (Wildman–Crippen MR) is 265 cm³/mol. The third kappa shape index (κ3) is 8.96. The lowest BCUT2D eigenvalue weighted by molar-refractivity contribution is 1.16. The molecule has 0 atom stereocenters. The van der Waals surface area contributed by atoms with Crippen molar-refractivity contribution >= 4 is 34.0 Å². The Balaban J connectivity index is 1.02. The molecule has 2 heteroatoms. The molecule has 0 aliphatic rings. The van der Waals surface area contributed by atoms with Crippen molar-refractivity contribution in [3.05, 3.63) is 266 Å². The quantitative estimate of drug-likeness (QED) is 0.114. The molecule has 0 aliphatic carbocycles. The van der Waals surface area contributed by atoms with Gasteiger partial charge < -0.3 is 9.80 Å². The van der Waals surface area contributed by atoms with Gasteiger partial charge in [-0.25, -0.2) is 0 Å². The van der Waals surface area contributed by atoms with Crippen molar-refractivity contribution in [3.8, 4) is 44.5 Å². The van der Waals surface area contributed by atoms with Crippen molar-refractivity contribution < 1.29 is 0 Å². The zero-order valence-corrected chi connectivity index (χ0v) is 35.1. The normalized spacial score (nSPS) is 11.6. The fourth-order valence-corrected chi connectivity index (χ4v) is 8.03. The average molecular weight is 797 g/mol. The second kappa shape index (κ2) is 18.5. The molecular weight excluding hydrogens is 749 g/mol. The van der Waals surface area contributed by atoms with E-state index in [1.807, 2.05) is 0 Å². The maximum Gasteiger partial charge on any atom is 0.0462 e. The summed E-state index contributed by atoms with van der Waals surface area (Å²) in [5, 5.41) is 0. The Morgan fingerprint density at radius 1 is 0.274 bits per heavy atom. The average Bonchev–Trinajstić information content (AvgIpc) is 3.35. The van der Waals surface area contributed by atoms with Gasteiger partial charge in [0, 0.05) is 34.1 Å². The molecular formula is C60H48N2. The van der Waals surface area contributed by atoms with Crippen LogP contribution >= 0.6 is 0 Å². The second-order valence-electron chi connectivity index (χ2n) is 15.5. The topological polar surface area (TPSA) is 6.48 Å². The molecule has 0 N–H and O–H groups in total. The predicted octanol–water partition coefficient (Wildman–Crippen LogP) is 17.0. The Morgan fingerprint density at radius 2 is 0.532 bits per heavy atom. The minimum atomic E-state index is 1.09. The summed E-state index contributed by atoms with van der Waals surface area (Å²) in [7, 11) is 0. The summed E-state index contributed by atoms with van der Waals surface area (Å²) >= 11 is 0. The number of rotatable bonds is 12. The molecule has 0 fully saturated rings. The first-order chi connectivity index (χ1) is 30.6. The lowest BCUT2D eigenvalue weighted by Gasteiger charge is -2.27. The maximum atomic E-state index is 2.33. The highest BCUT2D eigenvalue weighted by molar-refractivity contribution is 5.82. The molecule has 0 aliphatic heterocycles. The van der Waals surface area contributed by atoms with Gasteiger partial charge in [-0.1, -0.05) is 188 Å². The summed E-state index contributed by atoms with van der Waals surface area (Å²) in [6.07, 6.45) is 4.43. The summed E-state index contributed by atoms with van der Waals surface area (Å²) in [4.78, 5) is 4.67. The molecule has 0 bridgehead atoms. The molecule has 0 saturated heterocycles. The number of hydrogen-bond acceptors (Lipinski definition) is 2. The first kappa shape index (κ1) is 39.5. The minimum Gasteiger partial charge on any atom is -0.315 e. The third-order valence-corrected chi connectivity index (χ3v) is 11.4. The molecule has 0 radical (unpaired) electrons. The van der Waals surface area contributed by atoms with Gasteiger partial charge in [0.05, 0.1) is 0 Å². The van der Waals surface area contributed by atoms with Crippen molar-refractivity contribution in [2.75, 3.05) is 9.80 Å². The molecule has 0 heterocycles. The van der Waals surface area contributed by atoms with E-state index >= 15 is 0 Å². The smallest absolute Gasteiger partial charge is 0.0462 e.